The summed E-state index contributed by atoms with van der Waals surface area (Å²) in [6.07, 6.45) is -1.45. The van der Waals surface area contributed by atoms with Gasteiger partial charge in [0.25, 0.3) is 0 Å². The van der Waals surface area contributed by atoms with Gasteiger partial charge in [0, 0.05) is 31.6 Å². The van der Waals surface area contributed by atoms with Crippen LogP contribution >= 0.6 is 0 Å². The average molecular weight is 382 g/mol. The molecule has 1 unspecified atom stereocenters. The van der Waals surface area contributed by atoms with E-state index in [-0.39, 0.29) is 24.4 Å². The number of nitrogens with zero attached hydrogens (tertiary/aromatic N) is 1. The number of rotatable bonds is 5. The van der Waals surface area contributed by atoms with Crippen LogP contribution in [0.5, 0.6) is 0 Å². The number of ether oxygens (including phenoxy) is 2. The van der Waals surface area contributed by atoms with E-state index in [4.69, 9.17) is 9.47 Å². The Kier molecular flexibility index (Phi) is 5.73. The maximum absolute atomic E-state index is 12.1. The minimum absolute atomic E-state index is 0.0960. The standard InChI is InChI=1S/C22H26N2O4/c1-23-19(25)12-17-20(26)21-18(24(17)13-15-8-4-2-5-9-15)14-27-22(28-21)16-10-6-3-7-11-16/h2-11,17-18,20-22,26H,12-14H2,1H3,(H,23,25)/t17-,18-,20-,21-,22?/m1/s1. The van der Waals surface area contributed by atoms with Crippen LogP contribution in [0.15, 0.2) is 60.7 Å². The Morgan fingerprint density at radius 2 is 1.82 bits per heavy atom. The molecule has 0 aliphatic carbocycles. The highest BCUT2D eigenvalue weighted by atomic mass is 16.7. The van der Waals surface area contributed by atoms with Crippen LogP contribution in [0, 0.1) is 0 Å². The lowest BCUT2D eigenvalue weighted by atomic mass is 10.0. The lowest BCUT2D eigenvalue weighted by Crippen LogP contribution is -2.46. The molecule has 6 nitrogen and oxygen atoms in total. The number of benzene rings is 2. The topological polar surface area (TPSA) is 71.0 Å². The smallest absolute Gasteiger partial charge is 0.221 e. The van der Waals surface area contributed by atoms with Gasteiger partial charge in [0.1, 0.15) is 6.10 Å². The highest BCUT2D eigenvalue weighted by Crippen LogP contribution is 2.38. The third kappa shape index (κ3) is 3.82. The summed E-state index contributed by atoms with van der Waals surface area (Å²) in [5.74, 6) is -0.0960. The van der Waals surface area contributed by atoms with Crippen molar-refractivity contribution < 1.29 is 19.4 Å². The largest absolute Gasteiger partial charge is 0.389 e. The molecule has 148 valence electrons. The van der Waals surface area contributed by atoms with Gasteiger partial charge in [-0.15, -0.1) is 0 Å². The second kappa shape index (κ2) is 8.41. The number of aliphatic hydroxyl groups excluding tert-OH is 1. The Bertz CT molecular complexity index is 786. The second-order valence-corrected chi connectivity index (χ2v) is 7.34. The molecule has 0 aromatic heterocycles. The van der Waals surface area contributed by atoms with Crippen LogP contribution in [-0.2, 0) is 20.8 Å². The summed E-state index contributed by atoms with van der Waals surface area (Å²) >= 11 is 0. The first-order valence-corrected chi connectivity index (χ1v) is 9.67. The summed E-state index contributed by atoms with van der Waals surface area (Å²) in [5.41, 5.74) is 2.06. The minimum atomic E-state index is -0.763. The fourth-order valence-corrected chi connectivity index (χ4v) is 4.15. The van der Waals surface area contributed by atoms with E-state index in [1.54, 1.807) is 7.05 Å². The molecule has 0 bridgehead atoms. The normalized spacial score (nSPS) is 30.0. The molecule has 2 fully saturated rings. The molecular formula is C22H26N2O4. The predicted octanol–water partition coefficient (Wildman–Crippen LogP) is 1.85. The Balaban J connectivity index is 1.57. The van der Waals surface area contributed by atoms with E-state index in [2.05, 4.69) is 10.2 Å². The van der Waals surface area contributed by atoms with Crippen molar-refractivity contribution in [1.82, 2.24) is 10.2 Å². The van der Waals surface area contributed by atoms with E-state index in [1.807, 2.05) is 60.7 Å². The van der Waals surface area contributed by atoms with Crippen molar-refractivity contribution in [3.63, 3.8) is 0 Å². The zero-order valence-electron chi connectivity index (χ0n) is 15.9. The van der Waals surface area contributed by atoms with Gasteiger partial charge in [-0.2, -0.15) is 0 Å². The third-order valence-electron chi connectivity index (χ3n) is 5.61. The molecule has 28 heavy (non-hydrogen) atoms. The van der Waals surface area contributed by atoms with Gasteiger partial charge in [0.15, 0.2) is 6.29 Å². The number of carbonyl (C=O) groups excluding carboxylic acids is 1. The summed E-state index contributed by atoms with van der Waals surface area (Å²) in [7, 11) is 1.61. The molecule has 0 radical (unpaired) electrons. The molecule has 2 aliphatic rings. The van der Waals surface area contributed by atoms with Crippen molar-refractivity contribution in [2.24, 2.45) is 0 Å². The second-order valence-electron chi connectivity index (χ2n) is 7.34. The monoisotopic (exact) mass is 382 g/mol. The van der Waals surface area contributed by atoms with Crippen molar-refractivity contribution in [2.75, 3.05) is 13.7 Å². The van der Waals surface area contributed by atoms with Crippen molar-refractivity contribution in [3.8, 4) is 0 Å². The van der Waals surface area contributed by atoms with Gasteiger partial charge in [-0.25, -0.2) is 0 Å². The molecule has 2 aromatic rings. The molecule has 2 aliphatic heterocycles. The van der Waals surface area contributed by atoms with Crippen LogP contribution in [0.4, 0.5) is 0 Å². The zero-order valence-corrected chi connectivity index (χ0v) is 15.9. The predicted molar refractivity (Wildman–Crippen MR) is 104 cm³/mol. The Hall–Kier alpha value is -2.25. The zero-order chi connectivity index (χ0) is 19.5. The van der Waals surface area contributed by atoms with Gasteiger partial charge in [0.05, 0.1) is 18.8 Å². The molecule has 1 amide bonds. The molecule has 2 aromatic carbocycles. The maximum atomic E-state index is 12.1. The molecule has 2 heterocycles. The number of amides is 1. The van der Waals surface area contributed by atoms with Gasteiger partial charge in [-0.05, 0) is 5.56 Å². The first-order valence-electron chi connectivity index (χ1n) is 9.67. The van der Waals surface area contributed by atoms with Gasteiger partial charge in [0.2, 0.25) is 5.91 Å². The lowest BCUT2D eigenvalue weighted by Gasteiger charge is -2.36. The van der Waals surface area contributed by atoms with Crippen LogP contribution in [0.25, 0.3) is 0 Å². The summed E-state index contributed by atoms with van der Waals surface area (Å²) in [5, 5.41) is 13.7. The van der Waals surface area contributed by atoms with Crippen LogP contribution in [0.3, 0.4) is 0 Å². The summed E-state index contributed by atoms with van der Waals surface area (Å²) in [6.45, 7) is 1.07. The number of hydrogen-bond donors (Lipinski definition) is 2. The SMILES string of the molecule is CNC(=O)C[C@@H]1[C@@H](O)[C@@H]2OC(c3ccccc3)OC[C@H]2N1Cc1ccccc1. The first-order chi connectivity index (χ1) is 13.7. The van der Waals surface area contributed by atoms with Gasteiger partial charge < -0.3 is 19.9 Å². The fraction of sp³-hybridized carbons (Fsp3) is 0.409. The van der Waals surface area contributed by atoms with E-state index in [9.17, 15) is 9.90 Å². The Morgan fingerprint density at radius 1 is 1.14 bits per heavy atom. The number of hydrogen-bond acceptors (Lipinski definition) is 5. The number of aliphatic hydroxyl groups is 1. The quantitative estimate of drug-likeness (QED) is 0.826. The highest BCUT2D eigenvalue weighted by molar-refractivity contribution is 5.76. The number of carbonyl (C=O) groups is 1. The van der Waals surface area contributed by atoms with Gasteiger partial charge in [-0.3, -0.25) is 9.69 Å². The van der Waals surface area contributed by atoms with E-state index < -0.39 is 18.5 Å². The van der Waals surface area contributed by atoms with E-state index in [1.165, 1.54) is 0 Å². The fourth-order valence-electron chi connectivity index (χ4n) is 4.15. The maximum Gasteiger partial charge on any atom is 0.221 e. The highest BCUT2D eigenvalue weighted by Gasteiger charge is 2.52. The Morgan fingerprint density at radius 3 is 2.50 bits per heavy atom. The van der Waals surface area contributed by atoms with Gasteiger partial charge >= 0.3 is 0 Å². The summed E-state index contributed by atoms with van der Waals surface area (Å²) < 4.78 is 12.2. The molecule has 2 saturated heterocycles. The van der Waals surface area contributed by atoms with Crippen molar-refractivity contribution in [3.05, 3.63) is 71.8 Å². The molecule has 0 spiro atoms. The summed E-state index contributed by atoms with van der Waals surface area (Å²) in [6, 6.07) is 19.4. The number of nitrogens with one attached hydrogen (secondary N) is 1. The molecular weight excluding hydrogens is 356 g/mol. The van der Waals surface area contributed by atoms with Crippen molar-refractivity contribution >= 4 is 5.91 Å². The Labute approximate surface area is 165 Å². The molecule has 4 rings (SSSR count). The van der Waals surface area contributed by atoms with Gasteiger partial charge in [-0.1, -0.05) is 60.7 Å². The van der Waals surface area contributed by atoms with E-state index in [0.29, 0.717) is 13.2 Å². The van der Waals surface area contributed by atoms with E-state index in [0.717, 1.165) is 11.1 Å². The third-order valence-corrected chi connectivity index (χ3v) is 5.61. The van der Waals surface area contributed by atoms with E-state index >= 15 is 0 Å². The number of fused-ring (bicyclic) bond motifs is 1. The number of likely N-dealkylation sites (tertiary alicyclic amines) is 1. The van der Waals surface area contributed by atoms with Crippen molar-refractivity contribution in [2.45, 2.75) is 43.5 Å². The van der Waals surface area contributed by atoms with Crippen molar-refractivity contribution in [1.29, 1.82) is 0 Å². The molecule has 2 N–H and O–H groups in total. The summed E-state index contributed by atoms with van der Waals surface area (Å²) in [4.78, 5) is 14.2. The van der Waals surface area contributed by atoms with Crippen LogP contribution in [0.2, 0.25) is 0 Å². The van der Waals surface area contributed by atoms with Crippen LogP contribution < -0.4 is 5.32 Å². The first kappa shape index (κ1) is 19.1. The average Bonchev–Trinajstić information content (AvgIpc) is 3.00. The molecule has 6 heteroatoms. The van der Waals surface area contributed by atoms with Crippen LogP contribution in [-0.4, -0.2) is 53.9 Å². The lowest BCUT2D eigenvalue weighted by molar-refractivity contribution is -0.242. The van der Waals surface area contributed by atoms with Crippen LogP contribution in [0.1, 0.15) is 23.8 Å². The molecule has 5 atom stereocenters. The minimum Gasteiger partial charge on any atom is -0.389 e. The molecule has 0 saturated carbocycles.